The molecule has 0 atom stereocenters. The monoisotopic (exact) mass is 294 g/mol. The highest BCUT2D eigenvalue weighted by molar-refractivity contribution is 14.1. The molecule has 13 heavy (non-hydrogen) atoms. The lowest BCUT2D eigenvalue weighted by molar-refractivity contribution is 0.0532. The normalized spacial score (nSPS) is 11.4. The standard InChI is InChI=1S/C8H11IN2O2/c1-8(2,3)13-7(12)11-5-4-10-6(11)9/h4-5H,1-3H3. The highest BCUT2D eigenvalue weighted by Gasteiger charge is 2.18. The van der Waals surface area contributed by atoms with Gasteiger partial charge in [-0.05, 0) is 20.8 Å². The second kappa shape index (κ2) is 3.65. The Hall–Kier alpha value is -0.590. The van der Waals surface area contributed by atoms with Crippen molar-refractivity contribution in [3.8, 4) is 0 Å². The first-order chi connectivity index (χ1) is 5.90. The fraction of sp³-hybridized carbons (Fsp3) is 0.500. The Morgan fingerprint density at radius 1 is 1.62 bits per heavy atom. The van der Waals surface area contributed by atoms with Crippen molar-refractivity contribution in [2.45, 2.75) is 26.4 Å². The second-order valence-corrected chi connectivity index (χ2v) is 4.51. The molecule has 72 valence electrons. The molecule has 0 fully saturated rings. The molecule has 0 aliphatic rings. The van der Waals surface area contributed by atoms with Crippen LogP contribution in [0.4, 0.5) is 4.79 Å². The molecule has 0 aliphatic heterocycles. The number of halogens is 1. The summed E-state index contributed by atoms with van der Waals surface area (Å²) < 4.78 is 7.11. The van der Waals surface area contributed by atoms with Crippen molar-refractivity contribution < 1.29 is 9.53 Å². The Morgan fingerprint density at radius 3 is 2.62 bits per heavy atom. The van der Waals surface area contributed by atoms with Crippen LogP contribution in [0.2, 0.25) is 0 Å². The van der Waals surface area contributed by atoms with E-state index in [1.165, 1.54) is 4.57 Å². The van der Waals surface area contributed by atoms with Gasteiger partial charge in [-0.15, -0.1) is 0 Å². The third-order valence-corrected chi connectivity index (χ3v) is 1.98. The van der Waals surface area contributed by atoms with Crippen LogP contribution in [-0.4, -0.2) is 21.2 Å². The van der Waals surface area contributed by atoms with Crippen LogP contribution in [0, 0.1) is 3.83 Å². The predicted molar refractivity (Wildman–Crippen MR) is 56.6 cm³/mol. The number of imidazole rings is 1. The van der Waals surface area contributed by atoms with E-state index in [4.69, 9.17) is 4.74 Å². The summed E-state index contributed by atoms with van der Waals surface area (Å²) >= 11 is 1.97. The van der Waals surface area contributed by atoms with Crippen molar-refractivity contribution in [1.82, 2.24) is 9.55 Å². The smallest absolute Gasteiger partial charge is 0.420 e. The van der Waals surface area contributed by atoms with Gasteiger partial charge in [0.15, 0.2) is 3.83 Å². The molecule has 0 spiro atoms. The Bertz CT molecular complexity index is 314. The van der Waals surface area contributed by atoms with Gasteiger partial charge in [0.05, 0.1) is 0 Å². The minimum atomic E-state index is -0.468. The number of hydrogen-bond acceptors (Lipinski definition) is 3. The number of carbonyl (C=O) groups excluding carboxylic acids is 1. The molecule has 0 N–H and O–H groups in total. The Balaban J connectivity index is 2.76. The van der Waals surface area contributed by atoms with Gasteiger partial charge in [-0.2, -0.15) is 0 Å². The van der Waals surface area contributed by atoms with E-state index in [1.54, 1.807) is 12.4 Å². The van der Waals surface area contributed by atoms with Crippen LogP contribution in [-0.2, 0) is 4.74 Å². The fourth-order valence-electron chi connectivity index (χ4n) is 0.733. The molecule has 0 bridgehead atoms. The van der Waals surface area contributed by atoms with Crippen molar-refractivity contribution in [3.05, 3.63) is 16.2 Å². The van der Waals surface area contributed by atoms with Gasteiger partial charge in [-0.1, -0.05) is 0 Å². The van der Waals surface area contributed by atoms with Crippen molar-refractivity contribution in [3.63, 3.8) is 0 Å². The molecule has 1 aromatic heterocycles. The third-order valence-electron chi connectivity index (χ3n) is 1.19. The van der Waals surface area contributed by atoms with Gasteiger partial charge in [-0.3, -0.25) is 0 Å². The maximum Gasteiger partial charge on any atom is 0.420 e. The largest absolute Gasteiger partial charge is 0.443 e. The van der Waals surface area contributed by atoms with Gasteiger partial charge < -0.3 is 4.74 Å². The first-order valence-electron chi connectivity index (χ1n) is 3.82. The molecular weight excluding hydrogens is 283 g/mol. The average Bonchev–Trinajstić information content (AvgIpc) is 2.30. The van der Waals surface area contributed by atoms with Crippen LogP contribution < -0.4 is 0 Å². The number of rotatable bonds is 0. The lowest BCUT2D eigenvalue weighted by Gasteiger charge is -2.19. The number of aromatic nitrogens is 2. The van der Waals surface area contributed by atoms with Crippen molar-refractivity contribution >= 4 is 28.7 Å². The zero-order chi connectivity index (χ0) is 10.1. The molecule has 0 aliphatic carbocycles. The molecule has 0 aromatic carbocycles. The van der Waals surface area contributed by atoms with Gasteiger partial charge in [0.2, 0.25) is 0 Å². The van der Waals surface area contributed by atoms with E-state index >= 15 is 0 Å². The Morgan fingerprint density at radius 2 is 2.23 bits per heavy atom. The predicted octanol–water partition coefficient (Wildman–Crippen LogP) is 2.27. The topological polar surface area (TPSA) is 44.1 Å². The number of hydrogen-bond donors (Lipinski definition) is 0. The van der Waals surface area contributed by atoms with Crippen LogP contribution in [0.15, 0.2) is 12.4 Å². The maximum atomic E-state index is 11.4. The summed E-state index contributed by atoms with van der Waals surface area (Å²) in [7, 11) is 0. The van der Waals surface area contributed by atoms with Crippen LogP contribution in [0.5, 0.6) is 0 Å². The Labute approximate surface area is 90.4 Å². The summed E-state index contributed by atoms with van der Waals surface area (Å²) in [6.45, 7) is 5.48. The molecule has 1 aromatic rings. The lowest BCUT2D eigenvalue weighted by Crippen LogP contribution is -2.27. The van der Waals surface area contributed by atoms with E-state index in [2.05, 4.69) is 4.98 Å². The van der Waals surface area contributed by atoms with E-state index in [9.17, 15) is 4.79 Å². The van der Waals surface area contributed by atoms with Gasteiger partial charge in [-0.25, -0.2) is 14.3 Å². The van der Waals surface area contributed by atoms with E-state index in [0.29, 0.717) is 3.83 Å². The average molecular weight is 294 g/mol. The van der Waals surface area contributed by atoms with E-state index in [0.717, 1.165) is 0 Å². The van der Waals surface area contributed by atoms with E-state index in [-0.39, 0.29) is 0 Å². The van der Waals surface area contributed by atoms with Crippen molar-refractivity contribution in [2.24, 2.45) is 0 Å². The molecular formula is C8H11IN2O2. The Kier molecular flexibility index (Phi) is 2.94. The van der Waals surface area contributed by atoms with E-state index < -0.39 is 11.7 Å². The number of carbonyl (C=O) groups is 1. The molecule has 4 nitrogen and oxygen atoms in total. The van der Waals surface area contributed by atoms with Crippen molar-refractivity contribution in [1.29, 1.82) is 0 Å². The maximum absolute atomic E-state index is 11.4. The van der Waals surface area contributed by atoms with Crippen molar-refractivity contribution in [2.75, 3.05) is 0 Å². The minimum absolute atomic E-state index is 0.394. The van der Waals surface area contributed by atoms with Gasteiger partial charge in [0, 0.05) is 35.0 Å². The van der Waals surface area contributed by atoms with Gasteiger partial charge in [0.1, 0.15) is 5.60 Å². The SMILES string of the molecule is CC(C)(C)OC(=O)n1ccnc1I. The lowest BCUT2D eigenvalue weighted by atomic mass is 10.2. The summed E-state index contributed by atoms with van der Waals surface area (Å²) in [5, 5.41) is 0. The summed E-state index contributed by atoms with van der Waals surface area (Å²) in [4.78, 5) is 15.4. The highest BCUT2D eigenvalue weighted by Crippen LogP contribution is 2.10. The highest BCUT2D eigenvalue weighted by atomic mass is 127. The number of ether oxygens (including phenoxy) is 1. The van der Waals surface area contributed by atoms with Gasteiger partial charge >= 0.3 is 6.09 Å². The molecule has 0 radical (unpaired) electrons. The molecule has 1 rings (SSSR count). The minimum Gasteiger partial charge on any atom is -0.443 e. The van der Waals surface area contributed by atoms with Crippen LogP contribution in [0.1, 0.15) is 20.8 Å². The quantitative estimate of drug-likeness (QED) is 0.689. The molecule has 0 saturated carbocycles. The molecule has 0 amide bonds. The van der Waals surface area contributed by atoms with E-state index in [1.807, 2.05) is 43.4 Å². The zero-order valence-electron chi connectivity index (χ0n) is 7.74. The first kappa shape index (κ1) is 10.5. The third kappa shape index (κ3) is 2.98. The zero-order valence-corrected chi connectivity index (χ0v) is 9.90. The van der Waals surface area contributed by atoms with Crippen LogP contribution in [0.25, 0.3) is 0 Å². The fourth-order valence-corrected chi connectivity index (χ4v) is 1.25. The first-order valence-corrected chi connectivity index (χ1v) is 4.90. The summed E-state index contributed by atoms with van der Waals surface area (Å²) in [5.41, 5.74) is -0.468. The second-order valence-electron chi connectivity index (χ2n) is 3.55. The summed E-state index contributed by atoms with van der Waals surface area (Å²) in [6, 6.07) is 0. The van der Waals surface area contributed by atoms with Gasteiger partial charge in [0.25, 0.3) is 0 Å². The molecule has 0 saturated heterocycles. The van der Waals surface area contributed by atoms with Crippen LogP contribution in [0.3, 0.4) is 0 Å². The summed E-state index contributed by atoms with van der Waals surface area (Å²) in [5.74, 6) is 0. The van der Waals surface area contributed by atoms with Crippen LogP contribution >= 0.6 is 22.6 Å². The molecule has 5 heteroatoms. The summed E-state index contributed by atoms with van der Waals surface area (Å²) in [6.07, 6.45) is 2.75. The molecule has 1 heterocycles. The number of nitrogens with zero attached hydrogens (tertiary/aromatic N) is 2. The molecule has 0 unspecified atom stereocenters.